The van der Waals surface area contributed by atoms with Crippen LogP contribution in [-0.4, -0.2) is 27.8 Å². The molecule has 0 aliphatic rings. The molecule has 0 aliphatic heterocycles. The molecule has 0 aromatic heterocycles. The van der Waals surface area contributed by atoms with Gasteiger partial charge in [-0.05, 0) is 53.6 Å². The molecule has 3 aromatic rings. The van der Waals surface area contributed by atoms with Gasteiger partial charge in [-0.2, -0.15) is 5.10 Å². The lowest BCUT2D eigenvalue weighted by Gasteiger charge is -2.17. The second kappa shape index (κ2) is 9.56. The summed E-state index contributed by atoms with van der Waals surface area (Å²) < 4.78 is 5.19. The number of hydrazone groups is 1. The third-order valence-electron chi connectivity index (χ3n) is 4.87. The maximum atomic E-state index is 11.4. The van der Waals surface area contributed by atoms with Gasteiger partial charge >= 0.3 is 5.69 Å². The summed E-state index contributed by atoms with van der Waals surface area (Å²) in [5.74, 6) is 0.544. The maximum Gasteiger partial charge on any atom is 0.301 e. The van der Waals surface area contributed by atoms with Gasteiger partial charge in [0.1, 0.15) is 17.2 Å². The molecule has 3 rings (SSSR count). The fourth-order valence-corrected chi connectivity index (χ4v) is 3.09. The van der Waals surface area contributed by atoms with E-state index in [0.717, 1.165) is 17.7 Å². The highest BCUT2D eigenvalue weighted by Crippen LogP contribution is 2.30. The van der Waals surface area contributed by atoms with Crippen LogP contribution < -0.4 is 10.2 Å². The Kier molecular flexibility index (Phi) is 6.64. The van der Waals surface area contributed by atoms with Gasteiger partial charge < -0.3 is 9.84 Å². The van der Waals surface area contributed by atoms with E-state index < -0.39 is 21.2 Å². The zero-order valence-electron chi connectivity index (χ0n) is 17.3. The predicted octanol–water partition coefficient (Wildman–Crippen LogP) is 4.84. The number of phenols is 1. The number of methoxy groups -OCH3 is 1. The highest BCUT2D eigenvalue weighted by Gasteiger charge is 2.21. The van der Waals surface area contributed by atoms with Gasteiger partial charge in [0.2, 0.25) is 0 Å². The Hall–Kier alpha value is -4.47. The van der Waals surface area contributed by atoms with Crippen molar-refractivity contribution in [2.45, 2.75) is 12.8 Å². The number of nitrogens with one attached hydrogen (secondary N) is 1. The van der Waals surface area contributed by atoms with E-state index in [1.807, 2.05) is 31.2 Å². The normalized spacial score (nSPS) is 12.1. The molecule has 10 heteroatoms. The number of aromatic hydroxyl groups is 1. The maximum absolute atomic E-state index is 11.4. The van der Waals surface area contributed by atoms with Gasteiger partial charge in [-0.1, -0.05) is 19.1 Å². The minimum Gasteiger partial charge on any atom is -0.508 e. The fourth-order valence-electron chi connectivity index (χ4n) is 3.09. The number of anilines is 1. The van der Waals surface area contributed by atoms with Crippen LogP contribution in [0.25, 0.3) is 0 Å². The summed E-state index contributed by atoms with van der Waals surface area (Å²) >= 11 is 0. The number of non-ortho nitro benzene ring substituents is 1. The summed E-state index contributed by atoms with van der Waals surface area (Å²) in [7, 11) is 1.57. The summed E-state index contributed by atoms with van der Waals surface area (Å²) in [5.41, 5.74) is 3.98. The van der Waals surface area contributed by atoms with Crippen molar-refractivity contribution in [3.8, 4) is 11.5 Å². The van der Waals surface area contributed by atoms with Crippen molar-refractivity contribution < 1.29 is 19.7 Å². The molecule has 164 valence electrons. The molecule has 0 radical (unpaired) electrons. The number of rotatable bonds is 8. The Bertz CT molecular complexity index is 1160. The van der Waals surface area contributed by atoms with Crippen LogP contribution in [0.5, 0.6) is 11.5 Å². The number of benzene rings is 3. The number of nitrogens with zero attached hydrogens (tertiary/aromatic N) is 3. The second-order valence-corrected chi connectivity index (χ2v) is 6.87. The molecule has 1 unspecified atom stereocenters. The first-order valence-corrected chi connectivity index (χ1v) is 9.50. The number of ether oxygens (including phenoxy) is 1. The fraction of sp³-hybridized carbons (Fsp3) is 0.136. The van der Waals surface area contributed by atoms with E-state index >= 15 is 0 Å². The first-order chi connectivity index (χ1) is 15.3. The van der Waals surface area contributed by atoms with Crippen molar-refractivity contribution in [1.82, 2.24) is 0 Å². The highest BCUT2D eigenvalue weighted by molar-refractivity contribution is 6.05. The van der Waals surface area contributed by atoms with Gasteiger partial charge in [0.15, 0.2) is 0 Å². The Morgan fingerprint density at radius 3 is 2.22 bits per heavy atom. The van der Waals surface area contributed by atoms with Gasteiger partial charge in [-0.3, -0.25) is 25.7 Å². The molecule has 1 atom stereocenters. The summed E-state index contributed by atoms with van der Waals surface area (Å²) in [6, 6.07) is 17.1. The number of nitro groups is 2. The topological polar surface area (TPSA) is 140 Å². The highest BCUT2D eigenvalue weighted by atomic mass is 16.6. The third kappa shape index (κ3) is 4.98. The van der Waals surface area contributed by atoms with Crippen LogP contribution in [0.3, 0.4) is 0 Å². The summed E-state index contributed by atoms with van der Waals surface area (Å²) in [6.07, 6.45) is 0. The summed E-state index contributed by atoms with van der Waals surface area (Å²) in [5, 5.41) is 36.4. The minimum absolute atomic E-state index is 0.0128. The molecule has 0 aliphatic carbocycles. The number of hydrogen-bond donors (Lipinski definition) is 2. The molecular weight excluding hydrogens is 416 g/mol. The third-order valence-corrected chi connectivity index (χ3v) is 4.87. The summed E-state index contributed by atoms with van der Waals surface area (Å²) in [6.45, 7) is 1.92. The van der Waals surface area contributed by atoms with Crippen LogP contribution >= 0.6 is 0 Å². The van der Waals surface area contributed by atoms with Gasteiger partial charge in [0, 0.05) is 12.0 Å². The van der Waals surface area contributed by atoms with Crippen LogP contribution in [0.4, 0.5) is 17.1 Å². The van der Waals surface area contributed by atoms with Gasteiger partial charge in [0.25, 0.3) is 5.69 Å². The van der Waals surface area contributed by atoms with E-state index in [0.29, 0.717) is 17.0 Å². The molecule has 3 aromatic carbocycles. The average molecular weight is 436 g/mol. The Morgan fingerprint density at radius 1 is 1.00 bits per heavy atom. The standard InChI is InChI=1S/C22H20N4O6/c1-14(15-5-10-19(32-2)11-6-15)22(16-3-8-18(27)9-4-16)24-23-20-12-7-17(25(28)29)13-21(20)26(30)31/h3-14,23,27H,1-2H3. The molecule has 32 heavy (non-hydrogen) atoms. The van der Waals surface area contributed by atoms with E-state index in [9.17, 15) is 25.3 Å². The Labute approximate surface area is 183 Å². The molecule has 0 bridgehead atoms. The van der Waals surface area contributed by atoms with E-state index in [1.54, 1.807) is 19.2 Å². The molecule has 0 fully saturated rings. The summed E-state index contributed by atoms with van der Waals surface area (Å²) in [4.78, 5) is 21.0. The zero-order chi connectivity index (χ0) is 23.3. The van der Waals surface area contributed by atoms with Crippen LogP contribution in [0.1, 0.15) is 24.0 Å². The lowest BCUT2D eigenvalue weighted by atomic mass is 9.91. The van der Waals surface area contributed by atoms with Crippen molar-refractivity contribution >= 4 is 22.8 Å². The SMILES string of the molecule is COc1ccc(C(C)C(=NNc2ccc([N+](=O)[O-])cc2[N+](=O)[O-])c2ccc(O)cc2)cc1. The molecule has 2 N–H and O–H groups in total. The second-order valence-electron chi connectivity index (χ2n) is 6.87. The van der Waals surface area contributed by atoms with Crippen LogP contribution in [0, 0.1) is 20.2 Å². The van der Waals surface area contributed by atoms with Crippen molar-refractivity contribution in [2.75, 3.05) is 12.5 Å². The molecular formula is C22H20N4O6. The molecule has 0 saturated heterocycles. The lowest BCUT2D eigenvalue weighted by Crippen LogP contribution is -2.13. The Balaban J connectivity index is 2.02. The molecule has 0 heterocycles. The van der Waals surface area contributed by atoms with Crippen LogP contribution in [-0.2, 0) is 0 Å². The van der Waals surface area contributed by atoms with E-state index in [1.165, 1.54) is 18.2 Å². The van der Waals surface area contributed by atoms with Crippen molar-refractivity contribution in [2.24, 2.45) is 5.10 Å². The number of hydrogen-bond acceptors (Lipinski definition) is 8. The molecule has 0 saturated carbocycles. The molecule has 0 amide bonds. The largest absolute Gasteiger partial charge is 0.508 e. The number of phenolic OH excluding ortho intramolecular Hbond substituents is 1. The first-order valence-electron chi connectivity index (χ1n) is 9.50. The minimum atomic E-state index is -0.710. The zero-order valence-corrected chi connectivity index (χ0v) is 17.3. The lowest BCUT2D eigenvalue weighted by molar-refractivity contribution is -0.393. The van der Waals surface area contributed by atoms with E-state index in [2.05, 4.69) is 10.5 Å². The number of nitro benzene ring substituents is 2. The molecule has 10 nitrogen and oxygen atoms in total. The average Bonchev–Trinajstić information content (AvgIpc) is 2.80. The predicted molar refractivity (Wildman–Crippen MR) is 119 cm³/mol. The monoisotopic (exact) mass is 436 g/mol. The van der Waals surface area contributed by atoms with Crippen molar-refractivity contribution in [3.63, 3.8) is 0 Å². The van der Waals surface area contributed by atoms with Gasteiger partial charge in [-0.25, -0.2) is 0 Å². The first kappa shape index (κ1) is 22.2. The van der Waals surface area contributed by atoms with Gasteiger partial charge in [-0.15, -0.1) is 0 Å². The smallest absolute Gasteiger partial charge is 0.301 e. The van der Waals surface area contributed by atoms with Gasteiger partial charge in [0.05, 0.1) is 28.7 Å². The molecule has 0 spiro atoms. The van der Waals surface area contributed by atoms with Crippen LogP contribution in [0.15, 0.2) is 71.8 Å². The van der Waals surface area contributed by atoms with E-state index in [4.69, 9.17) is 4.74 Å². The quantitative estimate of drug-likeness (QED) is 0.292. The van der Waals surface area contributed by atoms with E-state index in [-0.39, 0.29) is 17.4 Å². The Morgan fingerprint density at radius 2 is 1.66 bits per heavy atom. The van der Waals surface area contributed by atoms with Crippen LogP contribution in [0.2, 0.25) is 0 Å². The van der Waals surface area contributed by atoms with Crippen molar-refractivity contribution in [1.29, 1.82) is 0 Å². The van der Waals surface area contributed by atoms with Crippen molar-refractivity contribution in [3.05, 3.63) is 98.1 Å².